The number of fused-ring (bicyclic) bond motifs is 1. The molecule has 0 aliphatic heterocycles. The number of aromatic nitrogens is 2. The molecule has 1 aromatic carbocycles. The van der Waals surface area contributed by atoms with Gasteiger partial charge in [-0.2, -0.15) is 0 Å². The summed E-state index contributed by atoms with van der Waals surface area (Å²) in [6.45, 7) is 0. The molecule has 0 aliphatic carbocycles. The van der Waals surface area contributed by atoms with Crippen molar-refractivity contribution in [3.05, 3.63) is 71.3 Å². The molecule has 0 fully saturated rings. The normalized spacial score (nSPS) is 12.5. The van der Waals surface area contributed by atoms with E-state index in [1.807, 2.05) is 24.3 Å². The number of nitrogens with zero attached hydrogens (tertiary/aromatic N) is 2. The van der Waals surface area contributed by atoms with Gasteiger partial charge in [0.25, 0.3) is 0 Å². The van der Waals surface area contributed by atoms with Crippen LogP contribution in [0, 0.1) is 0 Å². The monoisotopic (exact) mass is 270 g/mol. The smallest absolute Gasteiger partial charge is 0.106 e. The largest absolute Gasteiger partial charge is 0.384 e. The van der Waals surface area contributed by atoms with Crippen molar-refractivity contribution in [3.63, 3.8) is 0 Å². The number of pyridine rings is 2. The number of halogens is 1. The van der Waals surface area contributed by atoms with Crippen molar-refractivity contribution in [2.75, 3.05) is 0 Å². The van der Waals surface area contributed by atoms with Crippen LogP contribution in [0.15, 0.2) is 55.1 Å². The van der Waals surface area contributed by atoms with Crippen LogP contribution in [0.4, 0.5) is 0 Å². The molecular formula is C15H11ClN2O. The van der Waals surface area contributed by atoms with Gasteiger partial charge in [-0.15, -0.1) is 0 Å². The van der Waals surface area contributed by atoms with Crippen LogP contribution < -0.4 is 0 Å². The van der Waals surface area contributed by atoms with Crippen LogP contribution in [-0.4, -0.2) is 15.1 Å². The van der Waals surface area contributed by atoms with Crippen LogP contribution in [-0.2, 0) is 0 Å². The fourth-order valence-corrected chi connectivity index (χ4v) is 2.38. The lowest BCUT2D eigenvalue weighted by molar-refractivity contribution is 0.222. The third-order valence-corrected chi connectivity index (χ3v) is 3.42. The van der Waals surface area contributed by atoms with Crippen molar-refractivity contribution in [1.29, 1.82) is 0 Å². The molecule has 1 unspecified atom stereocenters. The molecule has 0 saturated carbocycles. The van der Waals surface area contributed by atoms with Gasteiger partial charge in [-0.1, -0.05) is 29.8 Å². The maximum atomic E-state index is 10.5. The number of rotatable bonds is 2. The first kappa shape index (κ1) is 12.1. The standard InChI is InChI=1S/C15H11ClN2O/c16-14-9-18-7-5-13(14)15(19)12-3-1-2-10-8-17-6-4-11(10)12/h1-9,15,19H. The first-order valence-corrected chi connectivity index (χ1v) is 6.25. The number of hydrogen-bond donors (Lipinski definition) is 1. The van der Waals surface area contributed by atoms with Crippen molar-refractivity contribution in [1.82, 2.24) is 9.97 Å². The summed E-state index contributed by atoms with van der Waals surface area (Å²) in [6.07, 6.45) is 5.87. The molecule has 4 heteroatoms. The zero-order valence-electron chi connectivity index (χ0n) is 9.99. The molecule has 2 heterocycles. The fraction of sp³-hybridized carbons (Fsp3) is 0.0667. The van der Waals surface area contributed by atoms with E-state index in [0.717, 1.165) is 16.3 Å². The lowest BCUT2D eigenvalue weighted by atomic mass is 9.97. The minimum atomic E-state index is -0.776. The van der Waals surface area contributed by atoms with E-state index in [9.17, 15) is 5.11 Å². The molecule has 3 aromatic rings. The molecule has 3 nitrogen and oxygen atoms in total. The summed E-state index contributed by atoms with van der Waals surface area (Å²) in [5, 5.41) is 13.0. The van der Waals surface area contributed by atoms with E-state index in [-0.39, 0.29) is 0 Å². The van der Waals surface area contributed by atoms with Crippen molar-refractivity contribution in [3.8, 4) is 0 Å². The second kappa shape index (κ2) is 4.96. The Morgan fingerprint density at radius 3 is 2.58 bits per heavy atom. The van der Waals surface area contributed by atoms with Gasteiger partial charge in [-0.25, -0.2) is 0 Å². The van der Waals surface area contributed by atoms with E-state index in [1.165, 1.54) is 6.20 Å². The zero-order valence-corrected chi connectivity index (χ0v) is 10.7. The summed E-state index contributed by atoms with van der Waals surface area (Å²) in [4.78, 5) is 8.02. The Morgan fingerprint density at radius 1 is 0.947 bits per heavy atom. The molecule has 94 valence electrons. The van der Waals surface area contributed by atoms with Gasteiger partial charge in [0.2, 0.25) is 0 Å². The van der Waals surface area contributed by atoms with Crippen molar-refractivity contribution >= 4 is 22.4 Å². The Balaban J connectivity index is 2.17. The predicted octanol–water partition coefficient (Wildman–Crippen LogP) is 3.36. The summed E-state index contributed by atoms with van der Waals surface area (Å²) >= 11 is 6.09. The second-order valence-corrected chi connectivity index (χ2v) is 4.65. The van der Waals surface area contributed by atoms with Gasteiger partial charge in [0.15, 0.2) is 0 Å². The van der Waals surface area contributed by atoms with Gasteiger partial charge in [-0.05, 0) is 23.1 Å². The first-order chi connectivity index (χ1) is 9.27. The van der Waals surface area contributed by atoms with Crippen molar-refractivity contribution in [2.24, 2.45) is 0 Å². The Hall–Kier alpha value is -1.97. The molecule has 1 N–H and O–H groups in total. The Bertz CT molecular complexity index is 725. The quantitative estimate of drug-likeness (QED) is 0.777. The highest BCUT2D eigenvalue weighted by Gasteiger charge is 2.16. The molecule has 2 aromatic heterocycles. The van der Waals surface area contributed by atoms with E-state index in [0.29, 0.717) is 10.6 Å². The summed E-state index contributed by atoms with van der Waals surface area (Å²) < 4.78 is 0. The van der Waals surface area contributed by atoms with Crippen LogP contribution in [0.1, 0.15) is 17.2 Å². The summed E-state index contributed by atoms with van der Waals surface area (Å²) in [7, 11) is 0. The molecular weight excluding hydrogens is 260 g/mol. The highest BCUT2D eigenvalue weighted by atomic mass is 35.5. The number of aliphatic hydroxyl groups is 1. The highest BCUT2D eigenvalue weighted by molar-refractivity contribution is 6.31. The number of benzene rings is 1. The van der Waals surface area contributed by atoms with E-state index >= 15 is 0 Å². The molecule has 3 rings (SSSR count). The van der Waals surface area contributed by atoms with E-state index in [1.54, 1.807) is 24.7 Å². The van der Waals surface area contributed by atoms with E-state index in [4.69, 9.17) is 11.6 Å². The average Bonchev–Trinajstić information content (AvgIpc) is 2.46. The second-order valence-electron chi connectivity index (χ2n) is 4.24. The third-order valence-electron chi connectivity index (χ3n) is 3.11. The molecule has 0 bridgehead atoms. The van der Waals surface area contributed by atoms with Crippen LogP contribution in [0.5, 0.6) is 0 Å². The minimum Gasteiger partial charge on any atom is -0.384 e. The molecule has 1 atom stereocenters. The molecule has 0 radical (unpaired) electrons. The maximum Gasteiger partial charge on any atom is 0.106 e. The Kier molecular flexibility index (Phi) is 3.15. The fourth-order valence-electron chi connectivity index (χ4n) is 2.16. The molecule has 0 spiro atoms. The van der Waals surface area contributed by atoms with Crippen LogP contribution in [0.3, 0.4) is 0 Å². The maximum absolute atomic E-state index is 10.5. The zero-order chi connectivity index (χ0) is 13.2. The van der Waals surface area contributed by atoms with Crippen molar-refractivity contribution in [2.45, 2.75) is 6.10 Å². The van der Waals surface area contributed by atoms with Gasteiger partial charge in [-0.3, -0.25) is 9.97 Å². The molecule has 0 saturated heterocycles. The lowest BCUT2D eigenvalue weighted by Gasteiger charge is -2.15. The number of aliphatic hydroxyl groups excluding tert-OH is 1. The Morgan fingerprint density at radius 2 is 1.74 bits per heavy atom. The minimum absolute atomic E-state index is 0.459. The van der Waals surface area contributed by atoms with Crippen LogP contribution >= 0.6 is 11.6 Å². The van der Waals surface area contributed by atoms with E-state index < -0.39 is 6.10 Å². The third kappa shape index (κ3) is 2.18. The molecule has 0 amide bonds. The lowest BCUT2D eigenvalue weighted by Crippen LogP contribution is -2.01. The summed E-state index contributed by atoms with van der Waals surface area (Å²) in [6, 6.07) is 9.38. The van der Waals surface area contributed by atoms with Crippen LogP contribution in [0.25, 0.3) is 10.8 Å². The first-order valence-electron chi connectivity index (χ1n) is 5.87. The summed E-state index contributed by atoms with van der Waals surface area (Å²) in [5.41, 5.74) is 1.47. The van der Waals surface area contributed by atoms with Gasteiger partial charge in [0.1, 0.15) is 6.10 Å². The predicted molar refractivity (Wildman–Crippen MR) is 75.1 cm³/mol. The molecule has 0 aliphatic rings. The van der Waals surface area contributed by atoms with Gasteiger partial charge >= 0.3 is 0 Å². The SMILES string of the molecule is OC(c1ccncc1Cl)c1cccc2cnccc12. The van der Waals surface area contributed by atoms with Crippen LogP contribution in [0.2, 0.25) is 5.02 Å². The Labute approximate surface area is 115 Å². The number of hydrogen-bond acceptors (Lipinski definition) is 3. The average molecular weight is 271 g/mol. The van der Waals surface area contributed by atoms with Gasteiger partial charge in [0.05, 0.1) is 5.02 Å². The van der Waals surface area contributed by atoms with Gasteiger partial charge in [0, 0.05) is 35.7 Å². The van der Waals surface area contributed by atoms with Crippen molar-refractivity contribution < 1.29 is 5.11 Å². The molecule has 19 heavy (non-hydrogen) atoms. The van der Waals surface area contributed by atoms with Gasteiger partial charge < -0.3 is 5.11 Å². The topological polar surface area (TPSA) is 46.0 Å². The summed E-state index contributed by atoms with van der Waals surface area (Å²) in [5.74, 6) is 0. The highest BCUT2D eigenvalue weighted by Crippen LogP contribution is 2.31. The van der Waals surface area contributed by atoms with E-state index in [2.05, 4.69) is 9.97 Å².